The Hall–Kier alpha value is -5.45. The number of aromatic nitrogens is 2. The maximum absolute atomic E-state index is 6.74. The summed E-state index contributed by atoms with van der Waals surface area (Å²) in [6.45, 7) is 0. The summed E-state index contributed by atoms with van der Waals surface area (Å²) in [5.41, 5.74) is 10.5. The number of thiophene rings is 1. The zero-order valence-electron chi connectivity index (χ0n) is 23.1. The average molecular weight is 569 g/mol. The van der Waals surface area contributed by atoms with Gasteiger partial charge in [0.1, 0.15) is 0 Å². The van der Waals surface area contributed by atoms with Crippen molar-refractivity contribution in [3.8, 4) is 39.3 Å². The van der Waals surface area contributed by atoms with E-state index in [0.717, 1.165) is 66.9 Å². The molecule has 3 nitrogen and oxygen atoms in total. The molecule has 0 fully saturated rings. The minimum atomic E-state index is 0.884. The summed E-state index contributed by atoms with van der Waals surface area (Å²) in [4.78, 5) is 5.09. The molecule has 9 rings (SSSR count). The first-order chi connectivity index (χ1) is 21.3. The lowest BCUT2D eigenvalue weighted by Gasteiger charge is -2.11. The summed E-state index contributed by atoms with van der Waals surface area (Å²) in [7, 11) is 0. The maximum Gasteiger partial charge on any atom is 0.214 e. The van der Waals surface area contributed by atoms with Gasteiger partial charge in [0.05, 0.1) is 27.0 Å². The van der Waals surface area contributed by atoms with Crippen LogP contribution in [0.1, 0.15) is 0 Å². The number of para-hydroxylation sites is 1. The van der Waals surface area contributed by atoms with Gasteiger partial charge in [-0.05, 0) is 59.7 Å². The van der Waals surface area contributed by atoms with Crippen LogP contribution >= 0.6 is 11.3 Å². The minimum Gasteiger partial charge on any atom is -0.438 e. The summed E-state index contributed by atoms with van der Waals surface area (Å²) in [6.07, 6.45) is 0. The number of rotatable bonds is 4. The van der Waals surface area contributed by atoms with Gasteiger partial charge in [-0.3, -0.25) is 4.57 Å². The van der Waals surface area contributed by atoms with Crippen molar-refractivity contribution in [1.82, 2.24) is 9.55 Å². The maximum atomic E-state index is 6.74. The van der Waals surface area contributed by atoms with Crippen LogP contribution < -0.4 is 0 Å². The zero-order chi connectivity index (χ0) is 28.3. The molecule has 0 aliphatic heterocycles. The lowest BCUT2D eigenvalue weighted by Crippen LogP contribution is -1.93. The van der Waals surface area contributed by atoms with Crippen LogP contribution in [0, 0.1) is 0 Å². The third-order valence-corrected chi connectivity index (χ3v) is 9.38. The van der Waals surface area contributed by atoms with Crippen molar-refractivity contribution in [2.45, 2.75) is 0 Å². The predicted octanol–water partition coefficient (Wildman–Crippen LogP) is 11.1. The van der Waals surface area contributed by atoms with Gasteiger partial charge in [0.2, 0.25) is 5.71 Å². The summed E-state index contributed by atoms with van der Waals surface area (Å²) >= 11 is 1.81. The van der Waals surface area contributed by atoms with Gasteiger partial charge in [-0.1, -0.05) is 97.1 Å². The Morgan fingerprint density at radius 1 is 0.535 bits per heavy atom. The van der Waals surface area contributed by atoms with Crippen molar-refractivity contribution in [3.63, 3.8) is 0 Å². The standard InChI is InChI=1S/C39H24N2OS/c1-4-12-25(13-5-1)32-23-28(24-33(40-32)26-14-6-2-7-15-26)27-20-21-34-31(22-27)36-38-37(30-18-10-11-19-35(30)43-38)42-39(36)41(34)29-16-8-3-9-17-29/h1-24H. The van der Waals surface area contributed by atoms with E-state index in [1.807, 2.05) is 12.1 Å². The Morgan fingerprint density at radius 2 is 1.16 bits per heavy atom. The Labute approximate surface area is 251 Å². The van der Waals surface area contributed by atoms with E-state index in [2.05, 4.69) is 138 Å². The van der Waals surface area contributed by atoms with E-state index < -0.39 is 0 Å². The van der Waals surface area contributed by atoms with E-state index in [4.69, 9.17) is 9.40 Å². The SMILES string of the molecule is c1ccc(-c2cc(-c3ccc4c(c3)c3c5sc6ccccc6c5oc3n4-c3ccccc3)cc(-c3ccccc3)n2)cc1. The normalized spacial score (nSPS) is 11.7. The Balaban J connectivity index is 1.34. The zero-order valence-corrected chi connectivity index (χ0v) is 23.9. The molecule has 0 bridgehead atoms. The molecule has 0 saturated heterocycles. The second-order valence-electron chi connectivity index (χ2n) is 10.8. The van der Waals surface area contributed by atoms with Crippen LogP contribution in [-0.4, -0.2) is 9.55 Å². The van der Waals surface area contributed by atoms with Crippen LogP contribution in [0.5, 0.6) is 0 Å². The van der Waals surface area contributed by atoms with Gasteiger partial charge in [-0.25, -0.2) is 4.98 Å². The molecule has 202 valence electrons. The molecule has 9 aromatic rings. The molecule has 4 aromatic heterocycles. The number of furan rings is 1. The highest BCUT2D eigenvalue weighted by Crippen LogP contribution is 2.46. The highest BCUT2D eigenvalue weighted by atomic mass is 32.1. The fraction of sp³-hybridized carbons (Fsp3) is 0. The molecule has 4 heteroatoms. The van der Waals surface area contributed by atoms with E-state index >= 15 is 0 Å². The molecule has 0 atom stereocenters. The summed E-state index contributed by atoms with van der Waals surface area (Å²) in [5, 5.41) is 3.51. The Kier molecular flexibility index (Phi) is 5.37. The molecule has 0 aliphatic rings. The Morgan fingerprint density at radius 3 is 1.86 bits per heavy atom. The van der Waals surface area contributed by atoms with Gasteiger partial charge in [-0.2, -0.15) is 0 Å². The first-order valence-electron chi connectivity index (χ1n) is 14.4. The molecular weight excluding hydrogens is 545 g/mol. The molecule has 5 aromatic carbocycles. The molecular formula is C39H24N2OS. The summed E-state index contributed by atoms with van der Waals surface area (Å²) in [5.74, 6) is 0. The second kappa shape index (κ2) is 9.55. The van der Waals surface area contributed by atoms with Gasteiger partial charge >= 0.3 is 0 Å². The topological polar surface area (TPSA) is 31.0 Å². The number of fused-ring (bicyclic) bond motifs is 7. The number of benzene rings is 5. The van der Waals surface area contributed by atoms with E-state index in [1.54, 1.807) is 11.3 Å². The third-order valence-electron chi connectivity index (χ3n) is 8.21. The van der Waals surface area contributed by atoms with Crippen LogP contribution in [0.25, 0.3) is 81.7 Å². The average Bonchev–Trinajstić information content (AvgIpc) is 3.72. The fourth-order valence-corrected chi connectivity index (χ4v) is 7.37. The van der Waals surface area contributed by atoms with Crippen LogP contribution in [0.2, 0.25) is 0 Å². The van der Waals surface area contributed by atoms with E-state index in [9.17, 15) is 0 Å². The second-order valence-corrected chi connectivity index (χ2v) is 11.9. The minimum absolute atomic E-state index is 0.884. The van der Waals surface area contributed by atoms with Crippen LogP contribution in [-0.2, 0) is 0 Å². The smallest absolute Gasteiger partial charge is 0.214 e. The van der Waals surface area contributed by atoms with Crippen molar-refractivity contribution in [2.75, 3.05) is 0 Å². The van der Waals surface area contributed by atoms with Crippen molar-refractivity contribution in [2.24, 2.45) is 0 Å². The number of nitrogens with zero attached hydrogens (tertiary/aromatic N) is 2. The van der Waals surface area contributed by atoms with E-state index in [-0.39, 0.29) is 0 Å². The highest BCUT2D eigenvalue weighted by Gasteiger charge is 2.23. The summed E-state index contributed by atoms with van der Waals surface area (Å²) < 4.78 is 11.4. The van der Waals surface area contributed by atoms with Gasteiger partial charge in [-0.15, -0.1) is 11.3 Å². The molecule has 4 heterocycles. The van der Waals surface area contributed by atoms with Gasteiger partial charge in [0, 0.05) is 32.3 Å². The van der Waals surface area contributed by atoms with Gasteiger partial charge in [0.15, 0.2) is 5.58 Å². The quantitative estimate of drug-likeness (QED) is 0.211. The molecule has 0 spiro atoms. The fourth-order valence-electron chi connectivity index (χ4n) is 6.19. The molecule has 0 saturated carbocycles. The molecule has 0 radical (unpaired) electrons. The monoisotopic (exact) mass is 568 g/mol. The lowest BCUT2D eigenvalue weighted by atomic mass is 9.98. The molecule has 0 N–H and O–H groups in total. The van der Waals surface area contributed by atoms with Crippen molar-refractivity contribution in [1.29, 1.82) is 0 Å². The lowest BCUT2D eigenvalue weighted by molar-refractivity contribution is 0.649. The van der Waals surface area contributed by atoms with Crippen LogP contribution in [0.3, 0.4) is 0 Å². The predicted molar refractivity (Wildman–Crippen MR) is 180 cm³/mol. The molecule has 0 unspecified atom stereocenters. The molecule has 0 aliphatic carbocycles. The third kappa shape index (κ3) is 3.84. The van der Waals surface area contributed by atoms with Crippen LogP contribution in [0.4, 0.5) is 0 Å². The first-order valence-corrected chi connectivity index (χ1v) is 15.2. The Bertz CT molecular complexity index is 2380. The van der Waals surface area contributed by atoms with E-state index in [0.29, 0.717) is 0 Å². The van der Waals surface area contributed by atoms with Crippen LogP contribution in [0.15, 0.2) is 150 Å². The highest BCUT2D eigenvalue weighted by molar-refractivity contribution is 7.26. The summed E-state index contributed by atoms with van der Waals surface area (Å²) in [6, 6.07) is 51.0. The van der Waals surface area contributed by atoms with Crippen molar-refractivity contribution in [3.05, 3.63) is 146 Å². The molecule has 43 heavy (non-hydrogen) atoms. The molecule has 0 amide bonds. The number of hydrogen-bond acceptors (Lipinski definition) is 3. The van der Waals surface area contributed by atoms with Crippen molar-refractivity contribution < 1.29 is 4.42 Å². The van der Waals surface area contributed by atoms with Crippen molar-refractivity contribution >= 4 is 53.7 Å². The largest absolute Gasteiger partial charge is 0.438 e. The first kappa shape index (κ1) is 24.2. The number of hydrogen-bond donors (Lipinski definition) is 0. The van der Waals surface area contributed by atoms with E-state index in [1.165, 1.54) is 14.8 Å². The number of pyridine rings is 1. The van der Waals surface area contributed by atoms with Gasteiger partial charge < -0.3 is 4.42 Å². The van der Waals surface area contributed by atoms with Gasteiger partial charge in [0.25, 0.3) is 0 Å².